The first-order chi connectivity index (χ1) is 12.2. The van der Waals surface area contributed by atoms with E-state index in [0.29, 0.717) is 12.8 Å². The third-order valence-electron chi connectivity index (χ3n) is 4.80. The van der Waals surface area contributed by atoms with E-state index in [0.717, 1.165) is 5.71 Å². The van der Waals surface area contributed by atoms with Crippen molar-refractivity contribution in [3.63, 3.8) is 0 Å². The smallest absolute Gasteiger partial charge is 0.243 e. The van der Waals surface area contributed by atoms with Crippen molar-refractivity contribution in [3.8, 4) is 0 Å². The lowest BCUT2D eigenvalue weighted by Gasteiger charge is -2.26. The van der Waals surface area contributed by atoms with E-state index in [1.165, 1.54) is 11.8 Å². The van der Waals surface area contributed by atoms with Gasteiger partial charge in [-0.3, -0.25) is 14.4 Å². The van der Waals surface area contributed by atoms with E-state index in [9.17, 15) is 14.4 Å². The van der Waals surface area contributed by atoms with Gasteiger partial charge in [0.25, 0.3) is 0 Å². The number of nitrogens with zero attached hydrogens (tertiary/aromatic N) is 2. The molecule has 1 saturated heterocycles. The molecule has 0 aromatic rings. The molecule has 9 heteroatoms. The highest BCUT2D eigenvalue weighted by molar-refractivity contribution is 6.06. The number of carbonyl (C=O) groups is 3. The van der Waals surface area contributed by atoms with Crippen LogP contribution in [0.2, 0.25) is 0 Å². The average Bonchev–Trinajstić information content (AvgIpc) is 3.12. The molecular weight excluding hydrogens is 335 g/mol. The van der Waals surface area contributed by atoms with Gasteiger partial charge in [-0.15, -0.1) is 6.58 Å². The van der Waals surface area contributed by atoms with E-state index in [1.807, 2.05) is 0 Å². The second-order valence-corrected chi connectivity index (χ2v) is 7.01. The summed E-state index contributed by atoms with van der Waals surface area (Å²) in [5.41, 5.74) is -0.168. The van der Waals surface area contributed by atoms with Gasteiger partial charge < -0.3 is 20.3 Å². The molecule has 2 aliphatic rings. The topological polar surface area (TPSA) is 100 Å². The van der Waals surface area contributed by atoms with Gasteiger partial charge in [0.05, 0.1) is 18.8 Å². The summed E-state index contributed by atoms with van der Waals surface area (Å²) in [5, 5.41) is 9.05. The van der Waals surface area contributed by atoms with Gasteiger partial charge in [-0.1, -0.05) is 11.2 Å². The standard InChI is InChI=1S/C17H25BN4O4/c1-5-12-7-17(12,11(4)23)20-16(25)14-6-13(26-21-10(2)3)9-22(14)15(24)8-19-18/h5,12-14,19H,1,6-9H2,2-4H3,(H,20,25)/t12-,13-,14+,17+/m1/s1. The first-order valence-corrected chi connectivity index (χ1v) is 8.60. The second-order valence-electron chi connectivity index (χ2n) is 7.01. The molecule has 4 atom stereocenters. The van der Waals surface area contributed by atoms with Crippen LogP contribution >= 0.6 is 0 Å². The zero-order valence-corrected chi connectivity index (χ0v) is 15.4. The van der Waals surface area contributed by atoms with Crippen LogP contribution in [0.3, 0.4) is 0 Å². The summed E-state index contributed by atoms with van der Waals surface area (Å²) >= 11 is 0. The summed E-state index contributed by atoms with van der Waals surface area (Å²) in [6.45, 7) is 8.86. The first-order valence-electron chi connectivity index (χ1n) is 8.60. The summed E-state index contributed by atoms with van der Waals surface area (Å²) in [4.78, 5) is 44.0. The highest BCUT2D eigenvalue weighted by Crippen LogP contribution is 2.45. The van der Waals surface area contributed by atoms with Crippen molar-refractivity contribution in [3.05, 3.63) is 12.7 Å². The SMILES string of the molecule is [B]NCC(=O)N1C[C@H](ON=C(C)C)C[C@H]1C(=O)N[C@]1(C(C)=O)C[C@H]1C=C. The Morgan fingerprint density at radius 2 is 2.08 bits per heavy atom. The van der Waals surface area contributed by atoms with E-state index < -0.39 is 17.7 Å². The molecular formula is C17H25BN4O4. The Kier molecular flexibility index (Phi) is 6.23. The van der Waals surface area contributed by atoms with Crippen LogP contribution in [0.5, 0.6) is 0 Å². The molecule has 2 fully saturated rings. The highest BCUT2D eigenvalue weighted by Gasteiger charge is 2.58. The van der Waals surface area contributed by atoms with E-state index in [-0.39, 0.29) is 36.6 Å². The average molecular weight is 360 g/mol. The van der Waals surface area contributed by atoms with Crippen LogP contribution in [0.4, 0.5) is 0 Å². The quantitative estimate of drug-likeness (QED) is 0.268. The molecule has 1 aliphatic heterocycles. The van der Waals surface area contributed by atoms with Crippen LogP contribution in [-0.4, -0.2) is 67.0 Å². The predicted molar refractivity (Wildman–Crippen MR) is 97.4 cm³/mol. The summed E-state index contributed by atoms with van der Waals surface area (Å²) in [6, 6.07) is -0.740. The molecule has 8 nitrogen and oxygen atoms in total. The van der Waals surface area contributed by atoms with Gasteiger partial charge in [0, 0.05) is 12.3 Å². The van der Waals surface area contributed by atoms with Crippen molar-refractivity contribution in [1.82, 2.24) is 15.4 Å². The molecule has 140 valence electrons. The highest BCUT2D eigenvalue weighted by atomic mass is 16.6. The molecule has 2 N–H and O–H groups in total. The number of nitrogens with one attached hydrogen (secondary N) is 2. The van der Waals surface area contributed by atoms with E-state index >= 15 is 0 Å². The number of rotatable bonds is 8. The number of oxime groups is 1. The van der Waals surface area contributed by atoms with Crippen molar-refractivity contribution in [2.75, 3.05) is 13.1 Å². The Morgan fingerprint density at radius 3 is 2.58 bits per heavy atom. The zero-order chi connectivity index (χ0) is 19.5. The molecule has 2 radical (unpaired) electrons. The second kappa shape index (κ2) is 8.03. The minimum atomic E-state index is -0.906. The van der Waals surface area contributed by atoms with E-state index in [1.54, 1.807) is 19.9 Å². The fourth-order valence-electron chi connectivity index (χ4n) is 3.28. The third-order valence-corrected chi connectivity index (χ3v) is 4.80. The summed E-state index contributed by atoms with van der Waals surface area (Å²) < 4.78 is 0. The normalized spacial score (nSPS) is 29.7. The fraction of sp³-hybridized carbons (Fsp3) is 0.647. The van der Waals surface area contributed by atoms with Gasteiger partial charge in [-0.25, -0.2) is 0 Å². The zero-order valence-electron chi connectivity index (χ0n) is 15.4. The van der Waals surface area contributed by atoms with Gasteiger partial charge in [0.2, 0.25) is 11.8 Å². The van der Waals surface area contributed by atoms with Gasteiger partial charge in [0.15, 0.2) is 13.8 Å². The van der Waals surface area contributed by atoms with Gasteiger partial charge in [-0.2, -0.15) is 0 Å². The van der Waals surface area contributed by atoms with Crippen molar-refractivity contribution in [2.45, 2.75) is 51.3 Å². The molecule has 1 heterocycles. The molecule has 0 aromatic heterocycles. The van der Waals surface area contributed by atoms with Gasteiger partial charge in [0.1, 0.15) is 17.7 Å². The lowest BCUT2D eigenvalue weighted by Crippen LogP contribution is -2.53. The lowest BCUT2D eigenvalue weighted by molar-refractivity contribution is -0.138. The molecule has 26 heavy (non-hydrogen) atoms. The number of likely N-dealkylation sites (tertiary alicyclic amines) is 1. The predicted octanol–water partition coefficient (Wildman–Crippen LogP) is -0.309. The lowest BCUT2D eigenvalue weighted by atomic mass is 10.1. The molecule has 0 spiro atoms. The van der Waals surface area contributed by atoms with E-state index in [4.69, 9.17) is 12.8 Å². The molecule has 0 unspecified atom stereocenters. The van der Waals surface area contributed by atoms with Crippen LogP contribution in [0, 0.1) is 5.92 Å². The molecule has 2 amide bonds. The summed E-state index contributed by atoms with van der Waals surface area (Å²) in [6.07, 6.45) is 2.10. The van der Waals surface area contributed by atoms with Gasteiger partial charge >= 0.3 is 0 Å². The van der Waals surface area contributed by atoms with Crippen molar-refractivity contribution in [1.29, 1.82) is 0 Å². The fourth-order valence-corrected chi connectivity index (χ4v) is 3.28. The maximum absolute atomic E-state index is 12.8. The largest absolute Gasteiger partial charge is 0.391 e. The monoisotopic (exact) mass is 360 g/mol. The molecule has 1 aliphatic carbocycles. The Morgan fingerprint density at radius 1 is 1.38 bits per heavy atom. The van der Waals surface area contributed by atoms with Crippen LogP contribution in [0.15, 0.2) is 17.8 Å². The number of hydrogen-bond acceptors (Lipinski definition) is 6. The molecule has 0 bridgehead atoms. The van der Waals surface area contributed by atoms with Gasteiger partial charge in [-0.05, 0) is 27.2 Å². The van der Waals surface area contributed by atoms with Crippen LogP contribution in [-0.2, 0) is 19.2 Å². The number of carbonyl (C=O) groups excluding carboxylic acids is 3. The van der Waals surface area contributed by atoms with E-state index in [2.05, 4.69) is 22.3 Å². The van der Waals surface area contributed by atoms with Crippen molar-refractivity contribution >= 4 is 31.3 Å². The molecule has 1 saturated carbocycles. The number of Topliss-reactive ketones (excluding diaryl/α,β-unsaturated/α-hetero) is 1. The number of amides is 2. The number of ketones is 1. The Hall–Kier alpha value is -2.16. The molecule has 2 rings (SSSR count). The Balaban J connectivity index is 2.13. The Bertz CT molecular complexity index is 634. The minimum absolute atomic E-state index is 0.0837. The summed E-state index contributed by atoms with van der Waals surface area (Å²) in [5.74, 6) is -0.893. The minimum Gasteiger partial charge on any atom is -0.391 e. The van der Waals surface area contributed by atoms with Crippen LogP contribution < -0.4 is 10.5 Å². The molecule has 0 aromatic carbocycles. The maximum Gasteiger partial charge on any atom is 0.243 e. The maximum atomic E-state index is 12.8. The Labute approximate surface area is 154 Å². The van der Waals surface area contributed by atoms with Crippen molar-refractivity contribution < 1.29 is 19.2 Å². The third kappa shape index (κ3) is 4.15. The summed E-state index contributed by atoms with van der Waals surface area (Å²) in [7, 11) is 5.23. The van der Waals surface area contributed by atoms with Crippen molar-refractivity contribution in [2.24, 2.45) is 11.1 Å². The van der Waals surface area contributed by atoms with Crippen LogP contribution in [0.1, 0.15) is 33.6 Å². The number of hydrogen-bond donors (Lipinski definition) is 2. The van der Waals surface area contributed by atoms with Crippen LogP contribution in [0.25, 0.3) is 0 Å². The first kappa shape index (κ1) is 20.2.